The number of aliphatic hydroxyl groups excluding tert-OH is 1. The fourth-order valence-corrected chi connectivity index (χ4v) is 3.59. The second-order valence-corrected chi connectivity index (χ2v) is 7.56. The maximum Gasteiger partial charge on any atom is 0.193 e. The van der Waals surface area contributed by atoms with Gasteiger partial charge in [0.2, 0.25) is 0 Å². The quantitative estimate of drug-likeness (QED) is 0.909. The van der Waals surface area contributed by atoms with Crippen LogP contribution in [-0.2, 0) is 9.84 Å². The van der Waals surface area contributed by atoms with Gasteiger partial charge in [0.1, 0.15) is 24.1 Å². The first-order valence-electron chi connectivity index (χ1n) is 6.70. The highest BCUT2D eigenvalue weighted by atomic mass is 32.2. The van der Waals surface area contributed by atoms with Crippen molar-refractivity contribution in [2.24, 2.45) is 0 Å². The molecule has 0 amide bonds. The van der Waals surface area contributed by atoms with Gasteiger partial charge in [-0.15, -0.1) is 0 Å². The number of nitrogens with zero attached hydrogens (tertiary/aromatic N) is 1. The molecule has 22 heavy (non-hydrogen) atoms. The van der Waals surface area contributed by atoms with Crippen molar-refractivity contribution < 1.29 is 31.4 Å². The number of pyridine rings is 1. The molecule has 0 spiro atoms. The van der Waals surface area contributed by atoms with E-state index in [2.05, 4.69) is 4.98 Å². The summed E-state index contributed by atoms with van der Waals surface area (Å²) >= 11 is 0. The van der Waals surface area contributed by atoms with Crippen molar-refractivity contribution in [1.82, 2.24) is 4.98 Å². The Hall–Kier alpha value is -1.35. The highest BCUT2D eigenvalue weighted by Gasteiger charge is 2.47. The van der Waals surface area contributed by atoms with E-state index in [0.717, 1.165) is 12.5 Å². The third-order valence-corrected chi connectivity index (χ3v) is 4.95. The van der Waals surface area contributed by atoms with Crippen molar-refractivity contribution in [1.29, 1.82) is 0 Å². The Labute approximate surface area is 125 Å². The Balaban J connectivity index is 2.08. The van der Waals surface area contributed by atoms with Crippen LogP contribution in [0.2, 0.25) is 0 Å². The van der Waals surface area contributed by atoms with E-state index in [1.807, 2.05) is 0 Å². The van der Waals surface area contributed by atoms with Gasteiger partial charge in [-0.25, -0.2) is 26.6 Å². The van der Waals surface area contributed by atoms with Crippen molar-refractivity contribution >= 4 is 9.84 Å². The molecule has 1 N–H and O–H groups in total. The molecular formula is C13H14F3NO4S. The molecule has 5 nitrogen and oxygen atoms in total. The molecule has 1 fully saturated rings. The van der Waals surface area contributed by atoms with E-state index >= 15 is 0 Å². The molecule has 9 heteroatoms. The summed E-state index contributed by atoms with van der Waals surface area (Å²) in [4.78, 5) is 3.67. The molecular weight excluding hydrogens is 323 g/mol. The third-order valence-electron chi connectivity index (χ3n) is 3.92. The number of rotatable bonds is 3. The molecule has 3 atom stereocenters. The SMILES string of the molecule is CS(=O)(=O)c1ncc(OC2CC(F)C2)c2c1[C@H](O)[C@H](F)[C@@H]2F. The maximum atomic E-state index is 14.1. The summed E-state index contributed by atoms with van der Waals surface area (Å²) in [5.74, 6) is -0.147. The van der Waals surface area contributed by atoms with Gasteiger partial charge < -0.3 is 9.84 Å². The van der Waals surface area contributed by atoms with Crippen LogP contribution in [0.25, 0.3) is 0 Å². The molecule has 0 aliphatic heterocycles. The normalized spacial score (nSPS) is 34.1. The lowest BCUT2D eigenvalue weighted by atomic mass is 9.93. The monoisotopic (exact) mass is 337 g/mol. The fraction of sp³-hybridized carbons (Fsp3) is 0.615. The Morgan fingerprint density at radius 3 is 2.45 bits per heavy atom. The van der Waals surface area contributed by atoms with Crippen molar-refractivity contribution in [2.75, 3.05) is 6.26 Å². The van der Waals surface area contributed by atoms with Crippen LogP contribution in [0.3, 0.4) is 0 Å². The van der Waals surface area contributed by atoms with Crippen molar-refractivity contribution in [2.45, 2.75) is 48.6 Å². The van der Waals surface area contributed by atoms with Gasteiger partial charge in [0.25, 0.3) is 0 Å². The first-order chi connectivity index (χ1) is 10.2. The molecule has 2 aliphatic carbocycles. The number of halogens is 3. The summed E-state index contributed by atoms with van der Waals surface area (Å²) in [5.41, 5.74) is -0.756. The molecule has 0 saturated heterocycles. The number of hydrogen-bond acceptors (Lipinski definition) is 5. The van der Waals surface area contributed by atoms with Crippen molar-refractivity contribution in [3.05, 3.63) is 17.3 Å². The van der Waals surface area contributed by atoms with E-state index in [1.54, 1.807) is 0 Å². The van der Waals surface area contributed by atoms with Crippen LogP contribution in [0.4, 0.5) is 13.2 Å². The first kappa shape index (κ1) is 15.5. The van der Waals surface area contributed by atoms with Crippen molar-refractivity contribution in [3.63, 3.8) is 0 Å². The van der Waals surface area contributed by atoms with Crippen LogP contribution < -0.4 is 4.74 Å². The molecule has 122 valence electrons. The zero-order valence-electron chi connectivity index (χ0n) is 11.5. The van der Waals surface area contributed by atoms with E-state index < -0.39 is 51.1 Å². The van der Waals surface area contributed by atoms with Crippen molar-refractivity contribution in [3.8, 4) is 5.75 Å². The minimum Gasteiger partial charge on any atom is -0.488 e. The van der Waals surface area contributed by atoms with E-state index in [-0.39, 0.29) is 24.2 Å². The van der Waals surface area contributed by atoms with Crippen LogP contribution in [0.5, 0.6) is 5.75 Å². The van der Waals surface area contributed by atoms with E-state index in [0.29, 0.717) is 0 Å². The van der Waals surface area contributed by atoms with Gasteiger partial charge in [-0.05, 0) is 0 Å². The standard InChI is InChI=1S/C13H14F3NO4S/c1-22(19,20)13-9-8(10(15)11(16)12(9)18)7(4-17-13)21-6-2-5(14)3-6/h4-6,10-12,18H,2-3H2,1H3/t5?,6?,10-,11-,12+/m1/s1. The summed E-state index contributed by atoms with van der Waals surface area (Å²) < 4.78 is 69.5. The average Bonchev–Trinajstić information content (AvgIpc) is 2.62. The van der Waals surface area contributed by atoms with Crippen LogP contribution in [-0.4, -0.2) is 43.2 Å². The maximum absolute atomic E-state index is 14.1. The van der Waals surface area contributed by atoms with Crippen LogP contribution in [0, 0.1) is 0 Å². The number of ether oxygens (including phenoxy) is 1. The molecule has 1 aromatic heterocycles. The van der Waals surface area contributed by atoms with Gasteiger partial charge in [-0.1, -0.05) is 0 Å². The average molecular weight is 337 g/mol. The molecule has 3 rings (SSSR count). The number of fused-ring (bicyclic) bond motifs is 1. The Morgan fingerprint density at radius 1 is 1.27 bits per heavy atom. The summed E-state index contributed by atoms with van der Waals surface area (Å²) in [6.07, 6.45) is -5.86. The number of hydrogen-bond donors (Lipinski definition) is 1. The van der Waals surface area contributed by atoms with Crippen LogP contribution >= 0.6 is 0 Å². The Morgan fingerprint density at radius 2 is 1.91 bits per heavy atom. The topological polar surface area (TPSA) is 76.5 Å². The summed E-state index contributed by atoms with van der Waals surface area (Å²) in [5, 5.41) is 9.23. The van der Waals surface area contributed by atoms with E-state index in [1.165, 1.54) is 0 Å². The summed E-state index contributed by atoms with van der Waals surface area (Å²) in [6, 6.07) is 0. The number of aromatic nitrogens is 1. The molecule has 1 aromatic rings. The van der Waals surface area contributed by atoms with Gasteiger partial charge in [-0.3, -0.25) is 0 Å². The second-order valence-electron chi connectivity index (χ2n) is 5.63. The lowest BCUT2D eigenvalue weighted by molar-refractivity contribution is 0.0352. The molecule has 0 radical (unpaired) electrons. The minimum absolute atomic E-state index is 0.126. The zero-order valence-corrected chi connectivity index (χ0v) is 12.4. The number of sulfone groups is 1. The van der Waals surface area contributed by atoms with Crippen LogP contribution in [0.15, 0.2) is 11.2 Å². The van der Waals surface area contributed by atoms with Gasteiger partial charge in [-0.2, -0.15) is 0 Å². The predicted octanol–water partition coefficient (Wildman–Crippen LogP) is 1.76. The largest absolute Gasteiger partial charge is 0.488 e. The summed E-state index contributed by atoms with van der Waals surface area (Å²) in [7, 11) is -3.87. The fourth-order valence-electron chi connectivity index (χ4n) is 2.72. The molecule has 2 aliphatic rings. The Bertz CT molecular complexity index is 705. The molecule has 0 aromatic carbocycles. The molecule has 0 unspecified atom stereocenters. The molecule has 1 saturated carbocycles. The van der Waals surface area contributed by atoms with Gasteiger partial charge in [0.05, 0.1) is 6.20 Å². The van der Waals surface area contributed by atoms with Gasteiger partial charge in [0.15, 0.2) is 27.2 Å². The van der Waals surface area contributed by atoms with Crippen LogP contribution in [0.1, 0.15) is 36.2 Å². The van der Waals surface area contributed by atoms with E-state index in [9.17, 15) is 26.7 Å². The zero-order chi connectivity index (χ0) is 16.2. The minimum atomic E-state index is -3.87. The summed E-state index contributed by atoms with van der Waals surface area (Å²) in [6.45, 7) is 0. The number of aliphatic hydroxyl groups is 1. The number of alkyl halides is 3. The first-order valence-corrected chi connectivity index (χ1v) is 8.59. The predicted molar refractivity (Wildman–Crippen MR) is 69.6 cm³/mol. The van der Waals surface area contributed by atoms with E-state index in [4.69, 9.17) is 4.74 Å². The van der Waals surface area contributed by atoms with Gasteiger partial charge >= 0.3 is 0 Å². The molecule has 1 heterocycles. The third kappa shape index (κ3) is 2.36. The lowest BCUT2D eigenvalue weighted by Crippen LogP contribution is -2.35. The molecule has 0 bridgehead atoms. The second kappa shape index (κ2) is 5.09. The van der Waals surface area contributed by atoms with Gasteiger partial charge in [0, 0.05) is 30.2 Å². The Kier molecular flexibility index (Phi) is 3.59. The highest BCUT2D eigenvalue weighted by Crippen LogP contribution is 2.49. The smallest absolute Gasteiger partial charge is 0.193 e. The highest BCUT2D eigenvalue weighted by molar-refractivity contribution is 7.90. The lowest BCUT2D eigenvalue weighted by Gasteiger charge is -2.30.